The van der Waals surface area contributed by atoms with Crippen LogP contribution >= 0.6 is 0 Å². The van der Waals surface area contributed by atoms with E-state index in [1.54, 1.807) is 18.5 Å². The lowest BCUT2D eigenvalue weighted by Crippen LogP contribution is -1.72. The molecule has 0 spiro atoms. The number of hydrogen-bond donors (Lipinski definition) is 1. The van der Waals surface area contributed by atoms with Crippen LogP contribution in [0.3, 0.4) is 0 Å². The Bertz CT molecular complexity index is 254. The van der Waals surface area contributed by atoms with Crippen LogP contribution in [0.25, 0.3) is 6.08 Å². The third kappa shape index (κ3) is 2.62. The van der Waals surface area contributed by atoms with Gasteiger partial charge < -0.3 is 5.21 Å². The Balaban J connectivity index is 2.64. The first-order valence-electron chi connectivity index (χ1n) is 3.17. The maximum absolute atomic E-state index is 8.05. The van der Waals surface area contributed by atoms with E-state index >= 15 is 0 Å². The fourth-order valence-electron chi connectivity index (χ4n) is 0.667. The van der Waals surface area contributed by atoms with Crippen LogP contribution in [0, 0.1) is 0 Å². The van der Waals surface area contributed by atoms with E-state index in [2.05, 4.69) is 10.1 Å². The molecule has 3 nitrogen and oxygen atoms in total. The van der Waals surface area contributed by atoms with Crippen molar-refractivity contribution in [2.45, 2.75) is 0 Å². The number of oxime groups is 1. The SMILES string of the molecule is O/N=C/C=C/c1ccncc1. The average Bonchev–Trinajstić information content (AvgIpc) is 2.07. The molecule has 0 aliphatic rings. The predicted molar refractivity (Wildman–Crippen MR) is 43.5 cm³/mol. The van der Waals surface area contributed by atoms with Crippen LogP contribution in [0.4, 0.5) is 0 Å². The summed E-state index contributed by atoms with van der Waals surface area (Å²) in [5.74, 6) is 0. The molecule has 0 amide bonds. The molecule has 1 N–H and O–H groups in total. The van der Waals surface area contributed by atoms with Crippen molar-refractivity contribution >= 4 is 12.3 Å². The molecule has 0 saturated carbocycles. The molecule has 0 unspecified atom stereocenters. The van der Waals surface area contributed by atoms with Crippen LogP contribution in [0.2, 0.25) is 0 Å². The molecule has 0 aliphatic heterocycles. The van der Waals surface area contributed by atoms with E-state index in [0.29, 0.717) is 0 Å². The van der Waals surface area contributed by atoms with Gasteiger partial charge in [0.05, 0.1) is 6.21 Å². The number of nitrogens with zero attached hydrogens (tertiary/aromatic N) is 2. The Kier molecular flexibility index (Phi) is 2.86. The minimum Gasteiger partial charge on any atom is -0.411 e. The van der Waals surface area contributed by atoms with E-state index in [-0.39, 0.29) is 0 Å². The molecule has 0 aromatic carbocycles. The van der Waals surface area contributed by atoms with Gasteiger partial charge in [0.1, 0.15) is 0 Å². The molecule has 11 heavy (non-hydrogen) atoms. The fourth-order valence-corrected chi connectivity index (χ4v) is 0.667. The second-order valence-electron chi connectivity index (χ2n) is 1.90. The van der Waals surface area contributed by atoms with Crippen LogP contribution < -0.4 is 0 Å². The molecule has 56 valence electrons. The van der Waals surface area contributed by atoms with Crippen molar-refractivity contribution in [3.8, 4) is 0 Å². The minimum absolute atomic E-state index is 1.03. The molecule has 0 aliphatic carbocycles. The van der Waals surface area contributed by atoms with Crippen LogP contribution in [0.5, 0.6) is 0 Å². The van der Waals surface area contributed by atoms with Crippen LogP contribution in [0.1, 0.15) is 5.56 Å². The molecule has 3 heteroatoms. The second-order valence-corrected chi connectivity index (χ2v) is 1.90. The molecule has 1 rings (SSSR count). The van der Waals surface area contributed by atoms with Crippen LogP contribution in [-0.2, 0) is 0 Å². The van der Waals surface area contributed by atoms with E-state index in [1.165, 1.54) is 6.21 Å². The number of rotatable bonds is 2. The zero-order valence-electron chi connectivity index (χ0n) is 5.88. The van der Waals surface area contributed by atoms with Gasteiger partial charge in [-0.25, -0.2) is 0 Å². The number of allylic oxidation sites excluding steroid dienone is 1. The first kappa shape index (κ1) is 7.47. The lowest BCUT2D eigenvalue weighted by Gasteiger charge is -1.86. The van der Waals surface area contributed by atoms with Gasteiger partial charge in [-0.15, -0.1) is 0 Å². The molecule has 0 atom stereocenters. The Morgan fingerprint density at radius 2 is 2.09 bits per heavy atom. The minimum atomic E-state index is 1.03. The standard InChI is InChI=1S/C8H8N2O/c11-10-5-1-2-8-3-6-9-7-4-8/h1-7,11H/b2-1+,10-5+. The highest BCUT2D eigenvalue weighted by Gasteiger charge is 1.79. The molecule has 0 bridgehead atoms. The normalized spacial score (nSPS) is 11.3. The van der Waals surface area contributed by atoms with E-state index in [4.69, 9.17) is 5.21 Å². The van der Waals surface area contributed by atoms with Crippen molar-refractivity contribution in [1.82, 2.24) is 4.98 Å². The number of pyridine rings is 1. The van der Waals surface area contributed by atoms with Gasteiger partial charge in [-0.05, 0) is 23.8 Å². The summed E-state index contributed by atoms with van der Waals surface area (Å²) in [5, 5.41) is 10.9. The van der Waals surface area contributed by atoms with Crippen LogP contribution in [-0.4, -0.2) is 16.4 Å². The second kappa shape index (κ2) is 4.22. The summed E-state index contributed by atoms with van der Waals surface area (Å²) in [6.07, 6.45) is 8.18. The fraction of sp³-hybridized carbons (Fsp3) is 0. The molecular weight excluding hydrogens is 140 g/mol. The van der Waals surface area contributed by atoms with Crippen molar-refractivity contribution in [2.24, 2.45) is 5.16 Å². The third-order valence-corrected chi connectivity index (χ3v) is 1.15. The van der Waals surface area contributed by atoms with Gasteiger partial charge in [-0.1, -0.05) is 11.2 Å². The highest BCUT2D eigenvalue weighted by molar-refractivity contribution is 5.77. The zero-order chi connectivity index (χ0) is 7.94. The maximum atomic E-state index is 8.05. The molecule has 0 radical (unpaired) electrons. The molecule has 0 fully saturated rings. The first-order chi connectivity index (χ1) is 5.43. The van der Waals surface area contributed by atoms with E-state index in [1.807, 2.05) is 18.2 Å². The highest BCUT2D eigenvalue weighted by Crippen LogP contribution is 1.97. The van der Waals surface area contributed by atoms with E-state index in [9.17, 15) is 0 Å². The monoisotopic (exact) mass is 148 g/mol. The molecule has 1 aromatic heterocycles. The number of aromatic nitrogens is 1. The van der Waals surface area contributed by atoms with Crippen molar-refractivity contribution in [3.05, 3.63) is 36.2 Å². The van der Waals surface area contributed by atoms with E-state index in [0.717, 1.165) is 5.56 Å². The largest absolute Gasteiger partial charge is 0.411 e. The molecule has 0 saturated heterocycles. The predicted octanol–water partition coefficient (Wildman–Crippen LogP) is 1.55. The smallest absolute Gasteiger partial charge is 0.0661 e. The topological polar surface area (TPSA) is 45.5 Å². The van der Waals surface area contributed by atoms with E-state index < -0.39 is 0 Å². The van der Waals surface area contributed by atoms with Gasteiger partial charge in [0.2, 0.25) is 0 Å². The lowest BCUT2D eigenvalue weighted by atomic mass is 10.2. The number of hydrogen-bond acceptors (Lipinski definition) is 3. The van der Waals surface area contributed by atoms with Gasteiger partial charge in [0, 0.05) is 12.4 Å². The van der Waals surface area contributed by atoms with Crippen molar-refractivity contribution in [3.63, 3.8) is 0 Å². The van der Waals surface area contributed by atoms with Gasteiger partial charge in [0.15, 0.2) is 0 Å². The molecular formula is C8H8N2O. The summed E-state index contributed by atoms with van der Waals surface area (Å²) in [4.78, 5) is 3.86. The van der Waals surface area contributed by atoms with Crippen molar-refractivity contribution in [2.75, 3.05) is 0 Å². The Morgan fingerprint density at radius 1 is 1.36 bits per heavy atom. The van der Waals surface area contributed by atoms with Gasteiger partial charge in [0.25, 0.3) is 0 Å². The summed E-state index contributed by atoms with van der Waals surface area (Å²) < 4.78 is 0. The quantitative estimate of drug-likeness (QED) is 0.393. The van der Waals surface area contributed by atoms with Crippen molar-refractivity contribution in [1.29, 1.82) is 0 Å². The Hall–Kier alpha value is -1.64. The highest BCUT2D eigenvalue weighted by atomic mass is 16.4. The van der Waals surface area contributed by atoms with Crippen LogP contribution in [0.15, 0.2) is 35.8 Å². The third-order valence-electron chi connectivity index (χ3n) is 1.15. The summed E-state index contributed by atoms with van der Waals surface area (Å²) in [6, 6.07) is 3.73. The summed E-state index contributed by atoms with van der Waals surface area (Å²) in [7, 11) is 0. The molecule has 1 aromatic rings. The average molecular weight is 148 g/mol. The van der Waals surface area contributed by atoms with Crippen molar-refractivity contribution < 1.29 is 5.21 Å². The van der Waals surface area contributed by atoms with Gasteiger partial charge >= 0.3 is 0 Å². The summed E-state index contributed by atoms with van der Waals surface area (Å²) in [5.41, 5.74) is 1.03. The molecule has 1 heterocycles. The first-order valence-corrected chi connectivity index (χ1v) is 3.17. The Morgan fingerprint density at radius 3 is 2.73 bits per heavy atom. The van der Waals surface area contributed by atoms with Gasteiger partial charge in [-0.3, -0.25) is 4.98 Å². The zero-order valence-corrected chi connectivity index (χ0v) is 5.88. The maximum Gasteiger partial charge on any atom is 0.0661 e. The lowest BCUT2D eigenvalue weighted by molar-refractivity contribution is 0.322. The summed E-state index contributed by atoms with van der Waals surface area (Å²) in [6.45, 7) is 0. The van der Waals surface area contributed by atoms with Gasteiger partial charge in [-0.2, -0.15) is 0 Å². The Labute approximate surface area is 64.7 Å². The summed E-state index contributed by atoms with van der Waals surface area (Å²) >= 11 is 0.